The van der Waals surface area contributed by atoms with Crippen LogP contribution >= 0.6 is 15.9 Å². The van der Waals surface area contributed by atoms with Gasteiger partial charge < -0.3 is 10.2 Å². The van der Waals surface area contributed by atoms with Crippen molar-refractivity contribution in [3.63, 3.8) is 0 Å². The van der Waals surface area contributed by atoms with Gasteiger partial charge in [-0.05, 0) is 62.5 Å². The van der Waals surface area contributed by atoms with Crippen LogP contribution in [0.5, 0.6) is 0 Å². The van der Waals surface area contributed by atoms with Gasteiger partial charge in [0.25, 0.3) is 0 Å². The van der Waals surface area contributed by atoms with Crippen LogP contribution in [-0.4, -0.2) is 23.1 Å². The first kappa shape index (κ1) is 16.8. The number of nitrogens with zero attached hydrogens (tertiary/aromatic N) is 2. The number of nitrogens with one attached hydrogen (secondary N) is 1. The van der Waals surface area contributed by atoms with E-state index in [1.165, 1.54) is 31.2 Å². The lowest BCUT2D eigenvalue weighted by atomic mass is 10.1. The van der Waals surface area contributed by atoms with Gasteiger partial charge in [-0.3, -0.25) is 0 Å². The van der Waals surface area contributed by atoms with Gasteiger partial charge in [-0.15, -0.1) is 0 Å². The molecule has 1 heterocycles. The Hall–Kier alpha value is -0.610. The Kier molecular flexibility index (Phi) is 5.67. The zero-order chi connectivity index (χ0) is 15.5. The van der Waals surface area contributed by atoms with Crippen LogP contribution < -0.4 is 10.2 Å². The molecule has 0 atom stereocenters. The highest BCUT2D eigenvalue weighted by Gasteiger charge is 2.24. The summed E-state index contributed by atoms with van der Waals surface area (Å²) in [6.45, 7) is 10.7. The van der Waals surface area contributed by atoms with Gasteiger partial charge in [0, 0.05) is 40.9 Å². The highest BCUT2D eigenvalue weighted by atomic mass is 79.9. The summed E-state index contributed by atoms with van der Waals surface area (Å²) in [5, 5.41) is 3.59. The molecule has 0 spiro atoms. The van der Waals surface area contributed by atoms with E-state index < -0.39 is 0 Å². The molecule has 1 fully saturated rings. The van der Waals surface area contributed by atoms with E-state index in [0.717, 1.165) is 23.4 Å². The van der Waals surface area contributed by atoms with E-state index in [-0.39, 0.29) is 5.54 Å². The maximum Gasteiger partial charge on any atom is 0.133 e. The van der Waals surface area contributed by atoms with Crippen molar-refractivity contribution in [2.75, 3.05) is 11.4 Å². The van der Waals surface area contributed by atoms with Crippen LogP contribution in [0.15, 0.2) is 16.7 Å². The minimum atomic E-state index is 0.115. The lowest BCUT2D eigenvalue weighted by Gasteiger charge is -2.31. The molecular formula is C17H28BrN3. The van der Waals surface area contributed by atoms with Gasteiger partial charge in [0.05, 0.1) is 0 Å². The van der Waals surface area contributed by atoms with Crippen LogP contribution in [0.3, 0.4) is 0 Å². The number of hydrogen-bond acceptors (Lipinski definition) is 3. The fourth-order valence-corrected chi connectivity index (χ4v) is 3.40. The minimum absolute atomic E-state index is 0.115. The third-order valence-electron chi connectivity index (χ3n) is 4.10. The number of anilines is 1. The Morgan fingerprint density at radius 2 is 2.00 bits per heavy atom. The van der Waals surface area contributed by atoms with E-state index >= 15 is 0 Å². The van der Waals surface area contributed by atoms with Crippen molar-refractivity contribution >= 4 is 21.7 Å². The van der Waals surface area contributed by atoms with E-state index in [1.54, 1.807) is 0 Å². The van der Waals surface area contributed by atoms with Crippen LogP contribution in [0.1, 0.15) is 58.9 Å². The zero-order valence-corrected chi connectivity index (χ0v) is 15.3. The number of aromatic nitrogens is 1. The van der Waals surface area contributed by atoms with Gasteiger partial charge in [-0.1, -0.05) is 12.8 Å². The lowest BCUT2D eigenvalue weighted by Crippen LogP contribution is -2.38. The van der Waals surface area contributed by atoms with Crippen LogP contribution in [0.2, 0.25) is 0 Å². The van der Waals surface area contributed by atoms with Crippen LogP contribution in [0, 0.1) is 0 Å². The summed E-state index contributed by atoms with van der Waals surface area (Å²) in [4.78, 5) is 7.23. The monoisotopic (exact) mass is 353 g/mol. The average Bonchev–Trinajstić information content (AvgIpc) is 2.92. The fourth-order valence-electron chi connectivity index (χ4n) is 3.02. The fraction of sp³-hybridized carbons (Fsp3) is 0.706. The SMILES string of the molecule is CCN(c1ncc(Br)cc1CNC(C)(C)C)C1CCCC1. The molecule has 1 aliphatic carbocycles. The van der Waals surface area contributed by atoms with Gasteiger partial charge >= 0.3 is 0 Å². The first-order chi connectivity index (χ1) is 9.90. The number of pyridine rings is 1. The molecule has 0 unspecified atom stereocenters. The van der Waals surface area contributed by atoms with Crippen LogP contribution in [0.25, 0.3) is 0 Å². The van der Waals surface area contributed by atoms with E-state index in [2.05, 4.69) is 59.9 Å². The highest BCUT2D eigenvalue weighted by Crippen LogP contribution is 2.30. The maximum absolute atomic E-state index is 4.73. The molecule has 0 aromatic carbocycles. The maximum atomic E-state index is 4.73. The van der Waals surface area contributed by atoms with E-state index in [9.17, 15) is 0 Å². The molecule has 0 aliphatic heterocycles. The molecule has 4 heteroatoms. The quantitative estimate of drug-likeness (QED) is 0.844. The van der Waals surface area contributed by atoms with Crippen LogP contribution in [-0.2, 0) is 6.54 Å². The lowest BCUT2D eigenvalue weighted by molar-refractivity contribution is 0.423. The summed E-state index contributed by atoms with van der Waals surface area (Å²) >= 11 is 3.56. The predicted molar refractivity (Wildman–Crippen MR) is 93.8 cm³/mol. The van der Waals surface area contributed by atoms with Crippen molar-refractivity contribution in [3.05, 3.63) is 22.3 Å². The molecule has 1 aliphatic rings. The summed E-state index contributed by atoms with van der Waals surface area (Å²) in [6.07, 6.45) is 7.24. The summed E-state index contributed by atoms with van der Waals surface area (Å²) in [5.41, 5.74) is 1.40. The molecule has 2 rings (SSSR count). The van der Waals surface area contributed by atoms with Crippen molar-refractivity contribution in [2.24, 2.45) is 0 Å². The third-order valence-corrected chi connectivity index (χ3v) is 4.53. The van der Waals surface area contributed by atoms with Crippen molar-refractivity contribution in [1.82, 2.24) is 10.3 Å². The molecule has 1 aromatic heterocycles. The van der Waals surface area contributed by atoms with Gasteiger partial charge in [-0.25, -0.2) is 4.98 Å². The molecule has 0 saturated heterocycles. The molecule has 0 bridgehead atoms. The number of rotatable bonds is 5. The summed E-state index contributed by atoms with van der Waals surface area (Å²) < 4.78 is 1.06. The normalized spacial score (nSPS) is 16.4. The second-order valence-electron chi connectivity index (χ2n) is 6.96. The second-order valence-corrected chi connectivity index (χ2v) is 7.88. The highest BCUT2D eigenvalue weighted by molar-refractivity contribution is 9.10. The Morgan fingerprint density at radius 3 is 2.57 bits per heavy atom. The Bertz CT molecular complexity index is 462. The molecule has 0 radical (unpaired) electrons. The third kappa shape index (κ3) is 4.68. The first-order valence-corrected chi connectivity index (χ1v) is 8.86. The predicted octanol–water partition coefficient (Wildman–Crippen LogP) is 4.50. The Balaban J connectivity index is 2.23. The number of hydrogen-bond donors (Lipinski definition) is 1. The van der Waals surface area contributed by atoms with Gasteiger partial charge in [-0.2, -0.15) is 0 Å². The summed E-state index contributed by atoms with van der Waals surface area (Å²) in [5.74, 6) is 1.16. The number of halogens is 1. The topological polar surface area (TPSA) is 28.2 Å². The van der Waals surface area contributed by atoms with E-state index in [1.807, 2.05) is 6.20 Å². The Morgan fingerprint density at radius 1 is 1.33 bits per heavy atom. The van der Waals surface area contributed by atoms with Gasteiger partial charge in [0.15, 0.2) is 0 Å². The Labute approximate surface area is 137 Å². The molecule has 1 aromatic rings. The molecule has 0 amide bonds. The van der Waals surface area contributed by atoms with Crippen molar-refractivity contribution in [1.29, 1.82) is 0 Å². The van der Waals surface area contributed by atoms with Gasteiger partial charge in [0.1, 0.15) is 5.82 Å². The molecule has 21 heavy (non-hydrogen) atoms. The summed E-state index contributed by atoms with van der Waals surface area (Å²) in [7, 11) is 0. The first-order valence-electron chi connectivity index (χ1n) is 8.07. The molecule has 118 valence electrons. The van der Waals surface area contributed by atoms with Crippen LogP contribution in [0.4, 0.5) is 5.82 Å². The zero-order valence-electron chi connectivity index (χ0n) is 13.7. The smallest absolute Gasteiger partial charge is 0.133 e. The average molecular weight is 354 g/mol. The van der Waals surface area contributed by atoms with E-state index in [4.69, 9.17) is 4.98 Å². The van der Waals surface area contributed by atoms with Crippen molar-refractivity contribution in [2.45, 2.75) is 71.5 Å². The molecule has 3 nitrogen and oxygen atoms in total. The van der Waals surface area contributed by atoms with Crippen molar-refractivity contribution in [3.8, 4) is 0 Å². The van der Waals surface area contributed by atoms with Crippen molar-refractivity contribution < 1.29 is 0 Å². The second kappa shape index (κ2) is 7.10. The van der Waals surface area contributed by atoms with E-state index in [0.29, 0.717) is 6.04 Å². The molecule has 1 saturated carbocycles. The minimum Gasteiger partial charge on any atom is -0.354 e. The largest absolute Gasteiger partial charge is 0.354 e. The molecular weight excluding hydrogens is 326 g/mol. The van der Waals surface area contributed by atoms with Gasteiger partial charge in [0.2, 0.25) is 0 Å². The molecule has 1 N–H and O–H groups in total. The standard InChI is InChI=1S/C17H28BrN3/c1-5-21(15-8-6-7-9-15)16-13(10-14(18)12-19-16)11-20-17(2,3)4/h10,12,15,20H,5-9,11H2,1-4H3. The summed E-state index contributed by atoms with van der Waals surface area (Å²) in [6, 6.07) is 2.87.